The molecule has 4 aromatic rings. The van der Waals surface area contributed by atoms with E-state index in [1.54, 1.807) is 12.1 Å². The maximum Gasteiger partial charge on any atom is 0.329 e. The van der Waals surface area contributed by atoms with Crippen LogP contribution in [0, 0.1) is 6.92 Å². The van der Waals surface area contributed by atoms with Crippen LogP contribution in [0.2, 0.25) is 0 Å². The van der Waals surface area contributed by atoms with E-state index in [0.717, 1.165) is 21.3 Å². The Kier molecular flexibility index (Phi) is 5.30. The number of carbonyl (C=O) groups is 1. The van der Waals surface area contributed by atoms with E-state index in [1.807, 2.05) is 61.5 Å². The quantitative estimate of drug-likeness (QED) is 0.541. The second-order valence-corrected chi connectivity index (χ2v) is 7.24. The number of nitrogens with zero attached hydrogens (tertiary/aromatic N) is 1. The Bertz CT molecular complexity index is 1320. The lowest BCUT2D eigenvalue weighted by Crippen LogP contribution is -2.35. The highest BCUT2D eigenvalue weighted by molar-refractivity contribution is 5.97. The van der Waals surface area contributed by atoms with Crippen molar-refractivity contribution in [3.63, 3.8) is 0 Å². The molecule has 30 heavy (non-hydrogen) atoms. The van der Waals surface area contributed by atoms with Crippen molar-refractivity contribution in [2.24, 2.45) is 0 Å². The number of hydrogen-bond acceptors (Lipinski definition) is 3. The lowest BCUT2D eigenvalue weighted by atomic mass is 10.1. The van der Waals surface area contributed by atoms with Crippen molar-refractivity contribution in [1.29, 1.82) is 0 Å². The lowest BCUT2D eigenvalue weighted by molar-refractivity contribution is 0.0951. The predicted molar refractivity (Wildman–Crippen MR) is 117 cm³/mol. The van der Waals surface area contributed by atoms with Crippen LogP contribution >= 0.6 is 0 Å². The first-order valence-corrected chi connectivity index (χ1v) is 9.66. The summed E-state index contributed by atoms with van der Waals surface area (Å²) < 4.78 is 1.14. The predicted octanol–water partition coefficient (Wildman–Crippen LogP) is 2.98. The zero-order valence-electron chi connectivity index (χ0n) is 16.5. The van der Waals surface area contributed by atoms with E-state index in [2.05, 4.69) is 10.3 Å². The fourth-order valence-electron chi connectivity index (χ4n) is 3.29. The van der Waals surface area contributed by atoms with Crippen LogP contribution in [0.5, 0.6) is 0 Å². The molecular weight excluding hydrogens is 378 g/mol. The molecule has 0 unspecified atom stereocenters. The SMILES string of the molecule is Cc1ccc(CNC(=O)c2ccc3[nH]c(=O)n(Cc4ccccc4)c(=O)c3c2)cc1. The summed E-state index contributed by atoms with van der Waals surface area (Å²) in [5.74, 6) is -0.280. The van der Waals surface area contributed by atoms with Crippen molar-refractivity contribution < 1.29 is 4.79 Å². The van der Waals surface area contributed by atoms with Gasteiger partial charge < -0.3 is 10.3 Å². The first kappa shape index (κ1) is 19.4. The molecule has 0 fully saturated rings. The zero-order chi connectivity index (χ0) is 21.1. The Balaban J connectivity index is 1.62. The van der Waals surface area contributed by atoms with E-state index in [4.69, 9.17) is 0 Å². The third-order valence-electron chi connectivity index (χ3n) is 5.00. The van der Waals surface area contributed by atoms with Crippen LogP contribution in [0.25, 0.3) is 10.9 Å². The molecule has 0 bridgehead atoms. The molecule has 1 amide bonds. The van der Waals surface area contributed by atoms with Crippen LogP contribution in [-0.2, 0) is 13.1 Å². The number of rotatable bonds is 5. The van der Waals surface area contributed by atoms with Gasteiger partial charge in [-0.25, -0.2) is 4.79 Å². The summed E-state index contributed by atoms with van der Waals surface area (Å²) in [7, 11) is 0. The third-order valence-corrected chi connectivity index (χ3v) is 5.00. The van der Waals surface area contributed by atoms with Gasteiger partial charge in [0.05, 0.1) is 17.4 Å². The van der Waals surface area contributed by atoms with Gasteiger partial charge in [0.1, 0.15) is 0 Å². The number of aromatic amines is 1. The maximum atomic E-state index is 13.0. The van der Waals surface area contributed by atoms with Crippen molar-refractivity contribution in [2.75, 3.05) is 0 Å². The monoisotopic (exact) mass is 399 g/mol. The maximum absolute atomic E-state index is 13.0. The minimum atomic E-state index is -0.479. The first-order chi connectivity index (χ1) is 14.5. The molecule has 2 N–H and O–H groups in total. The van der Waals surface area contributed by atoms with Gasteiger partial charge in [-0.2, -0.15) is 0 Å². The molecule has 4 rings (SSSR count). The Morgan fingerprint density at radius 2 is 1.67 bits per heavy atom. The number of aryl methyl sites for hydroxylation is 1. The second kappa shape index (κ2) is 8.21. The standard InChI is InChI=1S/C24H21N3O3/c1-16-7-9-17(10-8-16)14-25-22(28)19-11-12-21-20(13-19)23(29)27(24(30)26-21)15-18-5-3-2-4-6-18/h2-13H,14-15H2,1H3,(H,25,28)(H,26,30). The van der Waals surface area contributed by atoms with Crippen molar-refractivity contribution in [2.45, 2.75) is 20.0 Å². The number of nitrogens with one attached hydrogen (secondary N) is 2. The number of benzene rings is 3. The normalized spacial score (nSPS) is 10.8. The van der Waals surface area contributed by atoms with Crippen LogP contribution in [0.3, 0.4) is 0 Å². The summed E-state index contributed by atoms with van der Waals surface area (Å²) in [5.41, 5.74) is 2.86. The molecule has 6 nitrogen and oxygen atoms in total. The van der Waals surface area contributed by atoms with Crippen molar-refractivity contribution in [1.82, 2.24) is 14.9 Å². The smallest absolute Gasteiger partial charge is 0.329 e. The molecule has 0 radical (unpaired) electrons. The number of carbonyl (C=O) groups excluding carboxylic acids is 1. The summed E-state index contributed by atoms with van der Waals surface area (Å²) in [6.45, 7) is 2.56. The minimum Gasteiger partial charge on any atom is -0.348 e. The number of hydrogen-bond donors (Lipinski definition) is 2. The topological polar surface area (TPSA) is 84.0 Å². The zero-order valence-corrected chi connectivity index (χ0v) is 16.5. The highest BCUT2D eigenvalue weighted by atomic mass is 16.2. The largest absolute Gasteiger partial charge is 0.348 e. The van der Waals surface area contributed by atoms with Crippen LogP contribution < -0.4 is 16.6 Å². The molecule has 6 heteroatoms. The number of fused-ring (bicyclic) bond motifs is 1. The highest BCUT2D eigenvalue weighted by Crippen LogP contribution is 2.10. The van der Waals surface area contributed by atoms with E-state index in [0.29, 0.717) is 23.0 Å². The van der Waals surface area contributed by atoms with Crippen LogP contribution in [0.15, 0.2) is 82.4 Å². The van der Waals surface area contributed by atoms with Gasteiger partial charge in [0, 0.05) is 12.1 Å². The van der Waals surface area contributed by atoms with Crippen molar-refractivity contribution in [3.8, 4) is 0 Å². The highest BCUT2D eigenvalue weighted by Gasteiger charge is 2.12. The Morgan fingerprint density at radius 1 is 0.933 bits per heavy atom. The summed E-state index contributed by atoms with van der Waals surface area (Å²) in [6, 6.07) is 21.9. The second-order valence-electron chi connectivity index (χ2n) is 7.24. The van der Waals surface area contributed by atoms with E-state index in [9.17, 15) is 14.4 Å². The van der Waals surface area contributed by atoms with Gasteiger partial charge in [0.2, 0.25) is 0 Å². The molecule has 0 saturated carbocycles. The molecular formula is C24H21N3O3. The molecule has 0 aliphatic heterocycles. The Hall–Kier alpha value is -3.93. The Labute approximate surface area is 172 Å². The average Bonchev–Trinajstić information content (AvgIpc) is 2.76. The van der Waals surface area contributed by atoms with Crippen LogP contribution in [0.4, 0.5) is 0 Å². The molecule has 1 aromatic heterocycles. The van der Waals surface area contributed by atoms with Gasteiger partial charge in [-0.15, -0.1) is 0 Å². The Morgan fingerprint density at radius 3 is 2.40 bits per heavy atom. The minimum absolute atomic E-state index is 0.162. The van der Waals surface area contributed by atoms with E-state index >= 15 is 0 Å². The molecule has 1 heterocycles. The summed E-state index contributed by atoms with van der Waals surface area (Å²) >= 11 is 0. The first-order valence-electron chi connectivity index (χ1n) is 9.66. The molecule has 3 aromatic carbocycles. The molecule has 0 aliphatic rings. The third kappa shape index (κ3) is 4.07. The van der Waals surface area contributed by atoms with Gasteiger partial charge in [-0.05, 0) is 36.2 Å². The van der Waals surface area contributed by atoms with Crippen molar-refractivity contribution >= 4 is 16.8 Å². The van der Waals surface area contributed by atoms with Gasteiger partial charge >= 0.3 is 5.69 Å². The molecule has 0 aliphatic carbocycles. The number of aromatic nitrogens is 2. The molecule has 150 valence electrons. The van der Waals surface area contributed by atoms with Crippen LogP contribution in [0.1, 0.15) is 27.0 Å². The van der Waals surface area contributed by atoms with E-state index in [1.165, 1.54) is 6.07 Å². The molecule has 0 saturated heterocycles. The number of amides is 1. The van der Waals surface area contributed by atoms with Gasteiger partial charge in [-0.1, -0.05) is 60.2 Å². The summed E-state index contributed by atoms with van der Waals surface area (Å²) in [6.07, 6.45) is 0. The van der Waals surface area contributed by atoms with Gasteiger partial charge in [0.15, 0.2) is 0 Å². The summed E-state index contributed by atoms with van der Waals surface area (Å²) in [4.78, 5) is 40.7. The van der Waals surface area contributed by atoms with Crippen LogP contribution in [-0.4, -0.2) is 15.5 Å². The summed E-state index contributed by atoms with van der Waals surface area (Å²) in [5, 5.41) is 3.16. The average molecular weight is 399 g/mol. The fourth-order valence-corrected chi connectivity index (χ4v) is 3.29. The van der Waals surface area contributed by atoms with Crippen molar-refractivity contribution in [3.05, 3.63) is 116 Å². The lowest BCUT2D eigenvalue weighted by Gasteiger charge is -2.09. The number of H-pyrrole nitrogens is 1. The fraction of sp³-hybridized carbons (Fsp3) is 0.125. The molecule has 0 atom stereocenters. The molecule has 0 spiro atoms. The van der Waals surface area contributed by atoms with E-state index in [-0.39, 0.29) is 12.5 Å². The van der Waals surface area contributed by atoms with E-state index < -0.39 is 11.2 Å². The van der Waals surface area contributed by atoms with Gasteiger partial charge in [-0.3, -0.25) is 14.2 Å². The van der Waals surface area contributed by atoms with Gasteiger partial charge in [0.25, 0.3) is 11.5 Å².